The highest BCUT2D eigenvalue weighted by Gasteiger charge is 2.19. The van der Waals surface area contributed by atoms with Gasteiger partial charge in [0.15, 0.2) is 12.3 Å². The van der Waals surface area contributed by atoms with Crippen LogP contribution in [-0.4, -0.2) is 52.2 Å². The molecule has 3 heterocycles. The third-order valence-corrected chi connectivity index (χ3v) is 6.29. The molecule has 34 heavy (non-hydrogen) atoms. The molecule has 4 aromatic rings. The molecular weight excluding hydrogens is 450 g/mol. The first-order valence-electron chi connectivity index (χ1n) is 10.9. The number of thiophene rings is 1. The first kappa shape index (κ1) is 23.4. The highest BCUT2D eigenvalue weighted by Crippen LogP contribution is 2.31. The maximum Gasteiger partial charge on any atom is 0.259 e. The molecule has 0 aliphatic carbocycles. The topological polar surface area (TPSA) is 89.4 Å². The highest BCUT2D eigenvalue weighted by molar-refractivity contribution is 7.15. The molecule has 0 fully saturated rings. The van der Waals surface area contributed by atoms with Crippen molar-refractivity contribution in [1.29, 1.82) is 0 Å². The first-order chi connectivity index (χ1) is 16.2. The van der Waals surface area contributed by atoms with Crippen molar-refractivity contribution in [3.05, 3.63) is 59.1 Å². The molecular formula is C25H27N5O3S. The summed E-state index contributed by atoms with van der Waals surface area (Å²) in [7, 11) is 3.35. The van der Waals surface area contributed by atoms with Gasteiger partial charge >= 0.3 is 0 Å². The molecule has 0 atom stereocenters. The first-order valence-corrected chi connectivity index (χ1v) is 11.7. The molecule has 0 bridgehead atoms. The molecule has 0 saturated heterocycles. The monoisotopic (exact) mass is 477 g/mol. The zero-order valence-electron chi connectivity index (χ0n) is 19.8. The summed E-state index contributed by atoms with van der Waals surface area (Å²) in [4.78, 5) is 33.5. The molecule has 2 amide bonds. The number of fused-ring (bicyclic) bond motifs is 1. The summed E-state index contributed by atoms with van der Waals surface area (Å²) in [5.41, 5.74) is 2.55. The van der Waals surface area contributed by atoms with Gasteiger partial charge in [0.25, 0.3) is 11.8 Å². The number of hydrogen-bond donors (Lipinski definition) is 1. The molecule has 0 spiro atoms. The Kier molecular flexibility index (Phi) is 6.65. The van der Waals surface area contributed by atoms with Crippen LogP contribution in [0.25, 0.3) is 21.6 Å². The SMILES string of the molecule is Cc1ccc(-c2cc(C(=O)Nc3ccc(OCC(=O)N(C)C)cc3)c3cnn(C(C)C)c3n2)s1. The van der Waals surface area contributed by atoms with Gasteiger partial charge in [0.05, 0.1) is 27.7 Å². The van der Waals surface area contributed by atoms with Crippen molar-refractivity contribution in [2.75, 3.05) is 26.0 Å². The van der Waals surface area contributed by atoms with E-state index in [0.717, 1.165) is 10.6 Å². The van der Waals surface area contributed by atoms with Gasteiger partial charge < -0.3 is 15.0 Å². The summed E-state index contributed by atoms with van der Waals surface area (Å²) < 4.78 is 7.33. The fourth-order valence-electron chi connectivity index (χ4n) is 3.39. The largest absolute Gasteiger partial charge is 0.484 e. The Balaban J connectivity index is 1.61. The number of nitrogens with one attached hydrogen (secondary N) is 1. The minimum atomic E-state index is -0.248. The normalized spacial score (nSPS) is 11.1. The smallest absolute Gasteiger partial charge is 0.259 e. The van der Waals surface area contributed by atoms with Gasteiger partial charge in [-0.3, -0.25) is 9.59 Å². The van der Waals surface area contributed by atoms with Crippen LogP contribution in [-0.2, 0) is 4.79 Å². The number of benzene rings is 1. The summed E-state index contributed by atoms with van der Waals surface area (Å²) in [6.45, 7) is 6.07. The minimum Gasteiger partial charge on any atom is -0.484 e. The van der Waals surface area contributed by atoms with Gasteiger partial charge in [-0.25, -0.2) is 9.67 Å². The van der Waals surface area contributed by atoms with E-state index in [1.54, 1.807) is 55.9 Å². The van der Waals surface area contributed by atoms with Crippen molar-refractivity contribution in [3.8, 4) is 16.3 Å². The number of nitrogens with zero attached hydrogens (tertiary/aromatic N) is 4. The predicted octanol–water partition coefficient (Wildman–Crippen LogP) is 4.77. The molecule has 0 unspecified atom stereocenters. The lowest BCUT2D eigenvalue weighted by molar-refractivity contribution is -0.130. The van der Waals surface area contributed by atoms with Crippen LogP contribution in [0.2, 0.25) is 0 Å². The zero-order valence-corrected chi connectivity index (χ0v) is 20.6. The van der Waals surface area contributed by atoms with E-state index in [0.29, 0.717) is 28.0 Å². The lowest BCUT2D eigenvalue weighted by Gasteiger charge is -2.12. The van der Waals surface area contributed by atoms with Crippen LogP contribution >= 0.6 is 11.3 Å². The van der Waals surface area contributed by atoms with E-state index in [2.05, 4.69) is 10.4 Å². The van der Waals surface area contributed by atoms with Gasteiger partial charge in [0, 0.05) is 30.7 Å². The van der Waals surface area contributed by atoms with E-state index in [1.165, 1.54) is 9.78 Å². The minimum absolute atomic E-state index is 0.0431. The Labute approximate surface area is 202 Å². The second-order valence-corrected chi connectivity index (χ2v) is 9.73. The van der Waals surface area contributed by atoms with Crippen molar-refractivity contribution in [1.82, 2.24) is 19.7 Å². The van der Waals surface area contributed by atoms with Gasteiger partial charge in [0.1, 0.15) is 5.75 Å². The molecule has 9 heteroatoms. The molecule has 1 N–H and O–H groups in total. The maximum atomic E-state index is 13.3. The van der Waals surface area contributed by atoms with Crippen molar-refractivity contribution in [2.24, 2.45) is 0 Å². The summed E-state index contributed by atoms with van der Waals surface area (Å²) in [6, 6.07) is 12.9. The molecule has 1 aromatic carbocycles. The number of aryl methyl sites for hydroxylation is 1. The van der Waals surface area contributed by atoms with Gasteiger partial charge in [-0.05, 0) is 63.2 Å². The Hall–Kier alpha value is -3.72. The Bertz CT molecular complexity index is 1340. The van der Waals surface area contributed by atoms with E-state index in [1.807, 2.05) is 43.7 Å². The van der Waals surface area contributed by atoms with Crippen molar-refractivity contribution >= 4 is 39.9 Å². The Morgan fingerprint density at radius 2 is 1.88 bits per heavy atom. The molecule has 0 aliphatic heterocycles. The fourth-order valence-corrected chi connectivity index (χ4v) is 4.22. The van der Waals surface area contributed by atoms with Crippen LogP contribution in [0.1, 0.15) is 35.1 Å². The van der Waals surface area contributed by atoms with E-state index in [4.69, 9.17) is 9.72 Å². The average Bonchev–Trinajstić information content (AvgIpc) is 3.43. The second-order valence-electron chi connectivity index (χ2n) is 8.44. The van der Waals surface area contributed by atoms with Gasteiger partial charge in [0.2, 0.25) is 0 Å². The lowest BCUT2D eigenvalue weighted by atomic mass is 10.1. The number of hydrogen-bond acceptors (Lipinski definition) is 6. The molecule has 8 nitrogen and oxygen atoms in total. The second kappa shape index (κ2) is 9.64. The molecule has 0 radical (unpaired) electrons. The predicted molar refractivity (Wildman–Crippen MR) is 135 cm³/mol. The Morgan fingerprint density at radius 3 is 2.50 bits per heavy atom. The summed E-state index contributed by atoms with van der Waals surface area (Å²) >= 11 is 1.64. The van der Waals surface area contributed by atoms with E-state index < -0.39 is 0 Å². The number of likely N-dealkylation sites (N-methyl/N-ethyl adjacent to an activating group) is 1. The van der Waals surface area contributed by atoms with Crippen molar-refractivity contribution in [3.63, 3.8) is 0 Å². The molecule has 176 valence electrons. The van der Waals surface area contributed by atoms with Crippen LogP contribution in [0.4, 0.5) is 5.69 Å². The Morgan fingerprint density at radius 1 is 1.15 bits per heavy atom. The maximum absolute atomic E-state index is 13.3. The molecule has 0 saturated carbocycles. The standard InChI is InChI=1S/C25H27N5O3S/c1-15(2)30-24-20(13-26-30)19(12-21(28-24)22-11-6-16(3)34-22)25(32)27-17-7-9-18(10-8-17)33-14-23(31)29(4)5/h6-13,15H,14H2,1-5H3,(H,27,32). The number of ether oxygens (including phenoxy) is 1. The van der Waals surface area contributed by atoms with Gasteiger partial charge in [-0.2, -0.15) is 5.10 Å². The van der Waals surface area contributed by atoms with E-state index >= 15 is 0 Å². The van der Waals surface area contributed by atoms with Crippen LogP contribution in [0, 0.1) is 6.92 Å². The molecule has 3 aromatic heterocycles. The number of rotatable bonds is 7. The summed E-state index contributed by atoms with van der Waals surface area (Å²) in [5.74, 6) is 0.174. The van der Waals surface area contributed by atoms with Gasteiger partial charge in [-0.1, -0.05) is 0 Å². The average molecular weight is 478 g/mol. The van der Waals surface area contributed by atoms with Crippen LogP contribution in [0.3, 0.4) is 0 Å². The van der Waals surface area contributed by atoms with Crippen LogP contribution in [0.15, 0.2) is 48.7 Å². The third-order valence-electron chi connectivity index (χ3n) is 5.27. The third kappa shape index (κ3) is 4.94. The molecule has 0 aliphatic rings. The quantitative estimate of drug-likeness (QED) is 0.414. The number of carbonyl (C=O) groups excluding carboxylic acids is 2. The number of pyridine rings is 1. The zero-order chi connectivity index (χ0) is 24.4. The van der Waals surface area contributed by atoms with Crippen molar-refractivity contribution < 1.29 is 14.3 Å². The number of anilines is 1. The number of aromatic nitrogens is 3. The van der Waals surface area contributed by atoms with Crippen LogP contribution < -0.4 is 10.1 Å². The number of amides is 2. The molecule has 4 rings (SSSR count). The lowest BCUT2D eigenvalue weighted by Crippen LogP contribution is -2.27. The van der Waals surface area contributed by atoms with E-state index in [9.17, 15) is 9.59 Å². The summed E-state index contributed by atoms with van der Waals surface area (Å²) in [6.07, 6.45) is 1.69. The van der Waals surface area contributed by atoms with Crippen molar-refractivity contribution in [2.45, 2.75) is 26.8 Å². The highest BCUT2D eigenvalue weighted by atomic mass is 32.1. The number of carbonyl (C=O) groups is 2. The van der Waals surface area contributed by atoms with Crippen LogP contribution in [0.5, 0.6) is 5.75 Å². The van der Waals surface area contributed by atoms with Gasteiger partial charge in [-0.15, -0.1) is 11.3 Å². The summed E-state index contributed by atoms with van der Waals surface area (Å²) in [5, 5.41) is 8.12. The fraction of sp³-hybridized carbons (Fsp3) is 0.280. The van der Waals surface area contributed by atoms with E-state index in [-0.39, 0.29) is 24.5 Å².